The number of nitrogens with zero attached hydrogens (tertiary/aromatic N) is 4. The van der Waals surface area contributed by atoms with Crippen LogP contribution in [0.4, 0.5) is 17.3 Å². The van der Waals surface area contributed by atoms with Crippen molar-refractivity contribution in [1.29, 1.82) is 10.5 Å². The molecule has 0 aliphatic carbocycles. The third-order valence-corrected chi connectivity index (χ3v) is 2.88. The van der Waals surface area contributed by atoms with Crippen LogP contribution in [0.5, 0.6) is 0 Å². The monoisotopic (exact) mass is 278 g/mol. The van der Waals surface area contributed by atoms with Gasteiger partial charge in [0.2, 0.25) is 0 Å². The van der Waals surface area contributed by atoms with E-state index in [1.54, 1.807) is 31.3 Å². The van der Waals surface area contributed by atoms with Gasteiger partial charge in [-0.2, -0.15) is 10.5 Å². The Morgan fingerprint density at radius 2 is 1.76 bits per heavy atom. The van der Waals surface area contributed by atoms with E-state index in [1.807, 2.05) is 19.1 Å². The third kappa shape index (κ3) is 3.26. The molecule has 6 nitrogen and oxygen atoms in total. The van der Waals surface area contributed by atoms with E-state index in [-0.39, 0.29) is 0 Å². The van der Waals surface area contributed by atoms with Crippen LogP contribution in [0.3, 0.4) is 0 Å². The predicted molar refractivity (Wildman–Crippen MR) is 80.1 cm³/mol. The first-order valence-electron chi connectivity index (χ1n) is 6.47. The van der Waals surface area contributed by atoms with Crippen molar-refractivity contribution in [2.45, 2.75) is 13.3 Å². The minimum Gasteiger partial charge on any atom is -0.373 e. The zero-order valence-electron chi connectivity index (χ0n) is 11.8. The summed E-state index contributed by atoms with van der Waals surface area (Å²) >= 11 is 0. The molecule has 1 aromatic heterocycles. The standard InChI is InChI=1S/C15H14N6/c1-3-13-20-14(18-2)7-15(21-13)19-12-5-4-10(8-16)11(6-12)9-17/h4-7H,3H2,1-2H3,(H2,18,19,20,21). The lowest BCUT2D eigenvalue weighted by Gasteiger charge is -2.09. The summed E-state index contributed by atoms with van der Waals surface area (Å²) in [6.07, 6.45) is 0.723. The van der Waals surface area contributed by atoms with Gasteiger partial charge in [0.25, 0.3) is 0 Å². The van der Waals surface area contributed by atoms with Crippen LogP contribution in [0, 0.1) is 22.7 Å². The number of hydrogen-bond acceptors (Lipinski definition) is 6. The average Bonchev–Trinajstić information content (AvgIpc) is 2.54. The molecule has 0 aliphatic rings. The number of benzene rings is 1. The van der Waals surface area contributed by atoms with Crippen LogP contribution in [0.25, 0.3) is 0 Å². The smallest absolute Gasteiger partial charge is 0.136 e. The Morgan fingerprint density at radius 3 is 2.38 bits per heavy atom. The predicted octanol–water partition coefficient (Wildman–Crippen LogP) is 2.57. The van der Waals surface area contributed by atoms with Gasteiger partial charge in [-0.3, -0.25) is 0 Å². The summed E-state index contributed by atoms with van der Waals surface area (Å²) in [6, 6.07) is 10.8. The van der Waals surface area contributed by atoms with Crippen molar-refractivity contribution in [2.24, 2.45) is 0 Å². The fourth-order valence-electron chi connectivity index (χ4n) is 1.81. The van der Waals surface area contributed by atoms with Gasteiger partial charge in [-0.1, -0.05) is 6.92 Å². The Balaban J connectivity index is 2.34. The van der Waals surface area contributed by atoms with E-state index in [0.717, 1.165) is 18.1 Å². The summed E-state index contributed by atoms with van der Waals surface area (Å²) < 4.78 is 0. The lowest BCUT2D eigenvalue weighted by Crippen LogP contribution is -2.03. The first-order valence-corrected chi connectivity index (χ1v) is 6.47. The molecule has 1 aromatic carbocycles. The van der Waals surface area contributed by atoms with E-state index in [2.05, 4.69) is 20.6 Å². The normalized spacial score (nSPS) is 9.52. The van der Waals surface area contributed by atoms with Gasteiger partial charge >= 0.3 is 0 Å². The van der Waals surface area contributed by atoms with Crippen LogP contribution in [0.2, 0.25) is 0 Å². The van der Waals surface area contributed by atoms with Gasteiger partial charge in [0.15, 0.2) is 0 Å². The van der Waals surface area contributed by atoms with Gasteiger partial charge in [-0.25, -0.2) is 9.97 Å². The molecule has 0 saturated carbocycles. The van der Waals surface area contributed by atoms with Crippen molar-refractivity contribution >= 4 is 17.3 Å². The number of aromatic nitrogens is 2. The summed E-state index contributed by atoms with van der Waals surface area (Å²) in [5, 5.41) is 24.1. The number of anilines is 3. The van der Waals surface area contributed by atoms with Gasteiger partial charge in [0.1, 0.15) is 29.6 Å². The molecule has 0 bridgehead atoms. The van der Waals surface area contributed by atoms with Crippen LogP contribution in [-0.2, 0) is 6.42 Å². The van der Waals surface area contributed by atoms with Gasteiger partial charge in [0, 0.05) is 25.2 Å². The second-order valence-corrected chi connectivity index (χ2v) is 4.27. The van der Waals surface area contributed by atoms with E-state index in [9.17, 15) is 0 Å². The maximum atomic E-state index is 9.04. The zero-order chi connectivity index (χ0) is 15.2. The summed E-state index contributed by atoms with van der Waals surface area (Å²) in [6.45, 7) is 1.98. The Bertz CT molecular complexity index is 717. The fraction of sp³-hybridized carbons (Fsp3) is 0.200. The third-order valence-electron chi connectivity index (χ3n) is 2.88. The van der Waals surface area contributed by atoms with Crippen LogP contribution in [-0.4, -0.2) is 17.0 Å². The Kier molecular flexibility index (Phi) is 4.33. The molecule has 2 N–H and O–H groups in total. The number of rotatable bonds is 4. The quantitative estimate of drug-likeness (QED) is 0.892. The van der Waals surface area contributed by atoms with E-state index >= 15 is 0 Å². The number of nitrogens with one attached hydrogen (secondary N) is 2. The maximum Gasteiger partial charge on any atom is 0.136 e. The van der Waals surface area contributed by atoms with E-state index in [1.165, 1.54) is 0 Å². The SMILES string of the molecule is CCc1nc(NC)cc(Nc2ccc(C#N)c(C#N)c2)n1. The molecule has 0 radical (unpaired) electrons. The molecule has 0 spiro atoms. The minimum absolute atomic E-state index is 0.334. The highest BCUT2D eigenvalue weighted by Gasteiger charge is 2.06. The molecule has 0 amide bonds. The van der Waals surface area contributed by atoms with Crippen LogP contribution >= 0.6 is 0 Å². The van der Waals surface area contributed by atoms with Crippen molar-refractivity contribution in [3.63, 3.8) is 0 Å². The average molecular weight is 278 g/mol. The molecule has 0 unspecified atom stereocenters. The molecule has 0 aliphatic heterocycles. The van der Waals surface area contributed by atoms with Crippen LogP contribution in [0.1, 0.15) is 23.9 Å². The lowest BCUT2D eigenvalue weighted by atomic mass is 10.1. The van der Waals surface area contributed by atoms with Crippen LogP contribution in [0.15, 0.2) is 24.3 Å². The molecule has 0 atom stereocenters. The highest BCUT2D eigenvalue weighted by atomic mass is 15.1. The Morgan fingerprint density at radius 1 is 1.05 bits per heavy atom. The first kappa shape index (κ1) is 14.3. The van der Waals surface area contributed by atoms with Gasteiger partial charge in [-0.15, -0.1) is 0 Å². The van der Waals surface area contributed by atoms with E-state index in [4.69, 9.17) is 10.5 Å². The van der Waals surface area contributed by atoms with Crippen molar-refractivity contribution in [1.82, 2.24) is 9.97 Å². The molecular weight excluding hydrogens is 264 g/mol. The molecular formula is C15H14N6. The Labute approximate surface area is 123 Å². The molecule has 2 rings (SSSR count). The maximum absolute atomic E-state index is 9.04. The molecule has 0 saturated heterocycles. The summed E-state index contributed by atoms with van der Waals surface area (Å²) in [5.41, 5.74) is 1.39. The van der Waals surface area contributed by atoms with E-state index in [0.29, 0.717) is 22.6 Å². The second kappa shape index (κ2) is 6.36. The largest absolute Gasteiger partial charge is 0.373 e. The first-order chi connectivity index (χ1) is 10.2. The number of nitriles is 2. The molecule has 6 heteroatoms. The summed E-state index contributed by atoms with van der Waals surface area (Å²) in [7, 11) is 1.79. The highest BCUT2D eigenvalue weighted by molar-refractivity contribution is 5.63. The highest BCUT2D eigenvalue weighted by Crippen LogP contribution is 2.20. The van der Waals surface area contributed by atoms with E-state index < -0.39 is 0 Å². The summed E-state index contributed by atoms with van der Waals surface area (Å²) in [5.74, 6) is 2.08. The molecule has 1 heterocycles. The molecule has 21 heavy (non-hydrogen) atoms. The minimum atomic E-state index is 0.334. The molecule has 0 fully saturated rings. The van der Waals surface area contributed by atoms with Gasteiger partial charge in [0.05, 0.1) is 11.1 Å². The fourth-order valence-corrected chi connectivity index (χ4v) is 1.81. The van der Waals surface area contributed by atoms with Gasteiger partial charge in [-0.05, 0) is 18.2 Å². The lowest BCUT2D eigenvalue weighted by molar-refractivity contribution is 0.945. The molecule has 104 valence electrons. The number of hydrogen-bond donors (Lipinski definition) is 2. The zero-order valence-corrected chi connectivity index (χ0v) is 11.8. The van der Waals surface area contributed by atoms with Crippen molar-refractivity contribution in [2.75, 3.05) is 17.7 Å². The Hall–Kier alpha value is -3.12. The van der Waals surface area contributed by atoms with Crippen molar-refractivity contribution < 1.29 is 0 Å². The van der Waals surface area contributed by atoms with Crippen molar-refractivity contribution in [3.05, 3.63) is 41.2 Å². The second-order valence-electron chi connectivity index (χ2n) is 4.27. The molecule has 2 aromatic rings. The number of aryl methyl sites for hydroxylation is 1. The van der Waals surface area contributed by atoms with Gasteiger partial charge < -0.3 is 10.6 Å². The topological polar surface area (TPSA) is 97.4 Å². The van der Waals surface area contributed by atoms with Crippen molar-refractivity contribution in [3.8, 4) is 12.1 Å². The van der Waals surface area contributed by atoms with Crippen LogP contribution < -0.4 is 10.6 Å². The summed E-state index contributed by atoms with van der Waals surface area (Å²) in [4.78, 5) is 8.70.